The molecule has 0 aliphatic rings. The predicted molar refractivity (Wildman–Crippen MR) is 81.2 cm³/mol. The van der Waals surface area contributed by atoms with Gasteiger partial charge in [0.1, 0.15) is 6.04 Å². The van der Waals surface area contributed by atoms with Crippen LogP contribution < -0.4 is 5.32 Å². The van der Waals surface area contributed by atoms with E-state index >= 15 is 0 Å². The number of nitrogens with one attached hydrogen (secondary N) is 1. The fourth-order valence-corrected chi connectivity index (χ4v) is 2.32. The number of aromatic nitrogens is 2. The lowest BCUT2D eigenvalue weighted by Gasteiger charge is -2.23. The van der Waals surface area contributed by atoms with Crippen LogP contribution in [0.5, 0.6) is 0 Å². The van der Waals surface area contributed by atoms with Gasteiger partial charge in [0.25, 0.3) is 0 Å². The molecule has 0 spiro atoms. The third-order valence-corrected chi connectivity index (χ3v) is 3.69. The summed E-state index contributed by atoms with van der Waals surface area (Å²) in [7, 11) is 1.50. The molecule has 0 aromatic carbocycles. The van der Waals surface area contributed by atoms with Gasteiger partial charge in [-0.1, -0.05) is 5.16 Å². The number of carbonyl (C=O) groups excluding carboxylic acids is 2. The van der Waals surface area contributed by atoms with E-state index in [1.807, 2.05) is 6.26 Å². The largest absolute Gasteiger partial charge is 0.471 e. The summed E-state index contributed by atoms with van der Waals surface area (Å²) < 4.78 is 41.2. The highest BCUT2D eigenvalue weighted by Gasteiger charge is 2.38. The van der Waals surface area contributed by atoms with E-state index in [4.69, 9.17) is 0 Å². The Hall–Kier alpha value is -1.78. The van der Waals surface area contributed by atoms with Gasteiger partial charge in [-0.15, -0.1) is 0 Å². The van der Waals surface area contributed by atoms with Crippen LogP contribution in [0.4, 0.5) is 13.2 Å². The van der Waals surface area contributed by atoms with Gasteiger partial charge in [0.05, 0.1) is 0 Å². The molecule has 0 aliphatic carbocycles. The van der Waals surface area contributed by atoms with Crippen LogP contribution in [0.3, 0.4) is 0 Å². The monoisotopic (exact) mass is 368 g/mol. The number of halogens is 3. The van der Waals surface area contributed by atoms with Gasteiger partial charge >= 0.3 is 12.1 Å². The molecule has 0 unspecified atom stereocenters. The Balaban J connectivity index is 2.61. The third kappa shape index (κ3) is 6.38. The molecule has 2 amide bonds. The van der Waals surface area contributed by atoms with E-state index in [0.29, 0.717) is 12.2 Å². The maximum absolute atomic E-state index is 12.4. The second-order valence-corrected chi connectivity index (χ2v) is 6.04. The minimum atomic E-state index is -4.69. The summed E-state index contributed by atoms with van der Waals surface area (Å²) in [5, 5.41) is 5.82. The molecule has 1 rings (SSSR count). The molecule has 0 bridgehead atoms. The lowest BCUT2D eigenvalue weighted by atomic mass is 10.2. The molecular formula is C13H19F3N4O3S. The molecule has 1 atom stereocenters. The van der Waals surface area contributed by atoms with Crippen molar-refractivity contribution < 1.29 is 27.3 Å². The first-order valence-corrected chi connectivity index (χ1v) is 8.45. The molecule has 0 saturated carbocycles. The Morgan fingerprint density at radius 3 is 2.58 bits per heavy atom. The van der Waals surface area contributed by atoms with Gasteiger partial charge in [-0.2, -0.15) is 29.9 Å². The van der Waals surface area contributed by atoms with Crippen LogP contribution in [-0.4, -0.2) is 58.5 Å². The van der Waals surface area contributed by atoms with E-state index in [1.54, 1.807) is 11.8 Å². The standard InChI is InChI=1S/C13H19F3N4O3S/c1-8(21)17-9(5-7-24-3)11(22)20(2)6-4-10-18-12(23-19-10)13(14,15)16/h9H,4-7H2,1-3H3,(H,17,21)/t9-/m0/s1. The molecule has 1 aromatic heterocycles. The molecule has 24 heavy (non-hydrogen) atoms. The second kappa shape index (κ2) is 8.90. The van der Waals surface area contributed by atoms with Crippen molar-refractivity contribution in [3.05, 3.63) is 11.7 Å². The van der Waals surface area contributed by atoms with E-state index in [9.17, 15) is 22.8 Å². The van der Waals surface area contributed by atoms with Crippen molar-refractivity contribution in [2.75, 3.05) is 25.6 Å². The number of hydrogen-bond acceptors (Lipinski definition) is 6. The lowest BCUT2D eigenvalue weighted by Crippen LogP contribution is -2.47. The first-order valence-electron chi connectivity index (χ1n) is 7.06. The normalized spacial score (nSPS) is 12.8. The average Bonchev–Trinajstić information content (AvgIpc) is 2.97. The van der Waals surface area contributed by atoms with Gasteiger partial charge in [0, 0.05) is 26.9 Å². The van der Waals surface area contributed by atoms with E-state index in [0.717, 1.165) is 0 Å². The Morgan fingerprint density at radius 2 is 2.08 bits per heavy atom. The summed E-state index contributed by atoms with van der Waals surface area (Å²) in [5.74, 6) is -1.51. The lowest BCUT2D eigenvalue weighted by molar-refractivity contribution is -0.159. The summed E-state index contributed by atoms with van der Waals surface area (Å²) in [6.07, 6.45) is -2.34. The van der Waals surface area contributed by atoms with Gasteiger partial charge in [-0.05, 0) is 18.4 Å². The number of nitrogens with zero attached hydrogens (tertiary/aromatic N) is 3. The molecule has 136 valence electrons. The van der Waals surface area contributed by atoms with Crippen molar-refractivity contribution in [2.45, 2.75) is 32.0 Å². The molecule has 11 heteroatoms. The summed E-state index contributed by atoms with van der Waals surface area (Å²) in [5.41, 5.74) is 0. The molecule has 0 fully saturated rings. The first-order chi connectivity index (χ1) is 11.1. The fraction of sp³-hybridized carbons (Fsp3) is 0.692. The zero-order chi connectivity index (χ0) is 18.3. The van der Waals surface area contributed by atoms with Crippen LogP contribution >= 0.6 is 11.8 Å². The van der Waals surface area contributed by atoms with Gasteiger partial charge < -0.3 is 14.7 Å². The number of carbonyl (C=O) groups is 2. The minimum absolute atomic E-state index is 0.0111. The van der Waals surface area contributed by atoms with Gasteiger partial charge in [0.15, 0.2) is 5.82 Å². The molecule has 1 heterocycles. The van der Waals surface area contributed by atoms with Gasteiger partial charge in [-0.25, -0.2) is 0 Å². The fourth-order valence-electron chi connectivity index (χ4n) is 1.85. The molecule has 0 radical (unpaired) electrons. The van der Waals surface area contributed by atoms with E-state index < -0.39 is 18.1 Å². The number of alkyl halides is 3. The number of likely N-dealkylation sites (N-methyl/N-ethyl adjacent to an activating group) is 1. The molecular weight excluding hydrogens is 349 g/mol. The summed E-state index contributed by atoms with van der Waals surface area (Å²) in [4.78, 5) is 28.1. The quantitative estimate of drug-likeness (QED) is 0.745. The SMILES string of the molecule is CSCC[C@H](NC(C)=O)C(=O)N(C)CCc1noc(C(F)(F)F)n1. The van der Waals surface area contributed by atoms with Crippen LogP contribution in [0.1, 0.15) is 25.1 Å². The topological polar surface area (TPSA) is 88.3 Å². The Morgan fingerprint density at radius 1 is 1.42 bits per heavy atom. The molecule has 0 saturated heterocycles. The Kier molecular flexibility index (Phi) is 7.52. The summed E-state index contributed by atoms with van der Waals surface area (Å²) in [6.45, 7) is 1.42. The maximum Gasteiger partial charge on any atom is 0.471 e. The van der Waals surface area contributed by atoms with Crippen molar-refractivity contribution in [1.29, 1.82) is 0 Å². The number of amides is 2. The van der Waals surface area contributed by atoms with Crippen LogP contribution in [0.25, 0.3) is 0 Å². The van der Waals surface area contributed by atoms with E-state index in [-0.39, 0.29) is 30.6 Å². The predicted octanol–water partition coefficient (Wildman–Crippen LogP) is 1.35. The molecule has 7 nitrogen and oxygen atoms in total. The van der Waals surface area contributed by atoms with E-state index in [1.165, 1.54) is 18.9 Å². The molecule has 1 N–H and O–H groups in total. The second-order valence-electron chi connectivity index (χ2n) is 5.06. The Labute approximate surface area is 141 Å². The van der Waals surface area contributed by atoms with E-state index in [2.05, 4.69) is 20.0 Å². The molecule has 0 aliphatic heterocycles. The first kappa shape index (κ1) is 20.3. The Bertz CT molecular complexity index is 565. The van der Waals surface area contributed by atoms with Crippen LogP contribution in [-0.2, 0) is 22.2 Å². The minimum Gasteiger partial charge on any atom is -0.345 e. The zero-order valence-electron chi connectivity index (χ0n) is 13.5. The summed E-state index contributed by atoms with van der Waals surface area (Å²) >= 11 is 1.54. The summed E-state index contributed by atoms with van der Waals surface area (Å²) in [6, 6.07) is -0.670. The number of hydrogen-bond donors (Lipinski definition) is 1. The van der Waals surface area contributed by atoms with Crippen molar-refractivity contribution >= 4 is 23.6 Å². The van der Waals surface area contributed by atoms with Crippen LogP contribution in [0, 0.1) is 0 Å². The van der Waals surface area contributed by atoms with Crippen LogP contribution in [0.15, 0.2) is 4.52 Å². The number of thioether (sulfide) groups is 1. The highest BCUT2D eigenvalue weighted by Crippen LogP contribution is 2.27. The highest BCUT2D eigenvalue weighted by atomic mass is 32.2. The zero-order valence-corrected chi connectivity index (χ0v) is 14.3. The maximum atomic E-state index is 12.4. The van der Waals surface area contributed by atoms with Crippen molar-refractivity contribution in [3.8, 4) is 0 Å². The smallest absolute Gasteiger partial charge is 0.345 e. The molecule has 1 aromatic rings. The third-order valence-electron chi connectivity index (χ3n) is 3.04. The van der Waals surface area contributed by atoms with Crippen LogP contribution in [0.2, 0.25) is 0 Å². The van der Waals surface area contributed by atoms with Gasteiger partial charge in [-0.3, -0.25) is 9.59 Å². The highest BCUT2D eigenvalue weighted by molar-refractivity contribution is 7.98. The van der Waals surface area contributed by atoms with Crippen molar-refractivity contribution in [2.24, 2.45) is 0 Å². The number of rotatable bonds is 8. The van der Waals surface area contributed by atoms with Crippen molar-refractivity contribution in [1.82, 2.24) is 20.4 Å². The van der Waals surface area contributed by atoms with Gasteiger partial charge in [0.2, 0.25) is 11.8 Å². The van der Waals surface area contributed by atoms with Crippen molar-refractivity contribution in [3.63, 3.8) is 0 Å². The average molecular weight is 368 g/mol.